The number of hydrogen-bond acceptors (Lipinski definition) is 4. The average Bonchev–Trinajstić information content (AvgIpc) is 2.62. The van der Waals surface area contributed by atoms with Gasteiger partial charge in [-0.05, 0) is 52.1 Å². The molecule has 21 heavy (non-hydrogen) atoms. The number of nitrogens with one attached hydrogen (secondary N) is 1. The van der Waals surface area contributed by atoms with Crippen LogP contribution in [0.1, 0.15) is 47.5 Å². The second kappa shape index (κ2) is 8.47. The van der Waals surface area contributed by atoms with Gasteiger partial charge in [0.05, 0.1) is 6.61 Å². The van der Waals surface area contributed by atoms with Gasteiger partial charge in [0.25, 0.3) is 0 Å². The van der Waals surface area contributed by atoms with Gasteiger partial charge in [0.15, 0.2) is 0 Å². The predicted octanol–water partition coefficient (Wildman–Crippen LogP) is 1.79. The van der Waals surface area contributed by atoms with Crippen LogP contribution in [-0.4, -0.2) is 72.9 Å². The fraction of sp³-hybridized carbons (Fsp3) is 1.00. The van der Waals surface area contributed by atoms with Crippen LogP contribution in [0.5, 0.6) is 0 Å². The first-order chi connectivity index (χ1) is 9.78. The molecule has 126 valence electrons. The topological polar surface area (TPSA) is 38.7 Å². The quantitative estimate of drug-likeness (QED) is 0.752. The fourth-order valence-electron chi connectivity index (χ4n) is 2.86. The highest BCUT2D eigenvalue weighted by atomic mass is 16.3. The highest BCUT2D eigenvalue weighted by Gasteiger charge is 2.27. The van der Waals surface area contributed by atoms with E-state index in [4.69, 9.17) is 5.11 Å². The zero-order valence-electron chi connectivity index (χ0n) is 14.9. The fourth-order valence-corrected chi connectivity index (χ4v) is 2.86. The molecule has 2 N–H and O–H groups in total. The van der Waals surface area contributed by atoms with Crippen molar-refractivity contribution in [3.05, 3.63) is 0 Å². The molecule has 0 bridgehead atoms. The Hall–Kier alpha value is -0.160. The molecule has 1 rings (SSSR count). The number of aliphatic hydroxyl groups excluding tert-OH is 1. The van der Waals surface area contributed by atoms with E-state index in [-0.39, 0.29) is 12.1 Å². The molecule has 4 heteroatoms. The molecule has 1 atom stereocenters. The van der Waals surface area contributed by atoms with Gasteiger partial charge < -0.3 is 15.3 Å². The van der Waals surface area contributed by atoms with Gasteiger partial charge >= 0.3 is 0 Å². The minimum atomic E-state index is 0.188. The summed E-state index contributed by atoms with van der Waals surface area (Å²) in [5, 5.41) is 12.8. The van der Waals surface area contributed by atoms with E-state index in [9.17, 15) is 0 Å². The molecule has 0 aromatic carbocycles. The Bertz CT molecular complexity index is 290. The molecule has 1 heterocycles. The second-order valence-corrected chi connectivity index (χ2v) is 7.96. The molecule has 1 saturated heterocycles. The monoisotopic (exact) mass is 299 g/mol. The Labute approximate surface area is 131 Å². The summed E-state index contributed by atoms with van der Waals surface area (Å²) in [7, 11) is 0. The zero-order chi connectivity index (χ0) is 15.9. The number of β-amino-alcohol motifs (C(OH)–C–C–N with tert-alkyl or cyclic N) is 1. The van der Waals surface area contributed by atoms with E-state index in [1.54, 1.807) is 0 Å². The summed E-state index contributed by atoms with van der Waals surface area (Å²) in [6.45, 7) is 19.3. The SMILES string of the molecule is CCC(C)(CNC(C)(C)C)CN1CCCN(CCO)CC1. The third-order valence-corrected chi connectivity index (χ3v) is 4.60. The Balaban J connectivity index is 2.48. The Morgan fingerprint density at radius 3 is 2.19 bits per heavy atom. The highest BCUT2D eigenvalue weighted by Crippen LogP contribution is 2.23. The first kappa shape index (κ1) is 18.9. The van der Waals surface area contributed by atoms with Gasteiger partial charge in [-0.2, -0.15) is 0 Å². The molecule has 1 fully saturated rings. The zero-order valence-corrected chi connectivity index (χ0v) is 14.9. The van der Waals surface area contributed by atoms with Crippen LogP contribution < -0.4 is 5.32 Å². The molecular formula is C17H37N3O. The van der Waals surface area contributed by atoms with Crippen LogP contribution in [0.15, 0.2) is 0 Å². The van der Waals surface area contributed by atoms with E-state index < -0.39 is 0 Å². The van der Waals surface area contributed by atoms with E-state index in [0.717, 1.165) is 32.7 Å². The molecule has 4 nitrogen and oxygen atoms in total. The summed E-state index contributed by atoms with van der Waals surface area (Å²) in [6.07, 6.45) is 2.42. The minimum absolute atomic E-state index is 0.188. The van der Waals surface area contributed by atoms with E-state index in [1.807, 2.05) is 0 Å². The van der Waals surface area contributed by atoms with Crippen molar-refractivity contribution in [1.29, 1.82) is 0 Å². The Morgan fingerprint density at radius 1 is 1.00 bits per heavy atom. The number of rotatable bonds is 7. The largest absolute Gasteiger partial charge is 0.395 e. The van der Waals surface area contributed by atoms with Crippen molar-refractivity contribution in [2.24, 2.45) is 5.41 Å². The van der Waals surface area contributed by atoms with E-state index in [1.165, 1.54) is 25.9 Å². The molecule has 0 saturated carbocycles. The highest BCUT2D eigenvalue weighted by molar-refractivity contribution is 4.84. The first-order valence-electron chi connectivity index (χ1n) is 8.58. The Morgan fingerprint density at radius 2 is 1.62 bits per heavy atom. The molecule has 0 aliphatic carbocycles. The normalized spacial score (nSPS) is 22.0. The summed E-state index contributed by atoms with van der Waals surface area (Å²) in [5.74, 6) is 0. The number of nitrogens with zero attached hydrogens (tertiary/aromatic N) is 2. The molecular weight excluding hydrogens is 262 g/mol. The smallest absolute Gasteiger partial charge is 0.0558 e. The van der Waals surface area contributed by atoms with Gasteiger partial charge in [-0.3, -0.25) is 4.90 Å². The van der Waals surface area contributed by atoms with Crippen molar-refractivity contribution in [2.75, 3.05) is 52.4 Å². The van der Waals surface area contributed by atoms with Crippen LogP contribution in [0.2, 0.25) is 0 Å². The maximum atomic E-state index is 9.08. The van der Waals surface area contributed by atoms with Crippen molar-refractivity contribution >= 4 is 0 Å². The molecule has 0 radical (unpaired) electrons. The average molecular weight is 300 g/mol. The van der Waals surface area contributed by atoms with Crippen molar-refractivity contribution in [3.63, 3.8) is 0 Å². The van der Waals surface area contributed by atoms with Crippen LogP contribution >= 0.6 is 0 Å². The van der Waals surface area contributed by atoms with Crippen molar-refractivity contribution in [1.82, 2.24) is 15.1 Å². The van der Waals surface area contributed by atoms with Gasteiger partial charge in [-0.1, -0.05) is 13.8 Å². The van der Waals surface area contributed by atoms with Crippen molar-refractivity contribution < 1.29 is 5.11 Å². The standard InChI is InChI=1S/C17H37N3O/c1-6-17(5,14-18-16(2,3)4)15-20-9-7-8-19(10-11-20)12-13-21/h18,21H,6-15H2,1-5H3. The third-order valence-electron chi connectivity index (χ3n) is 4.60. The molecule has 0 spiro atoms. The molecule has 0 aromatic heterocycles. The summed E-state index contributed by atoms with van der Waals surface area (Å²) in [4.78, 5) is 5.00. The summed E-state index contributed by atoms with van der Waals surface area (Å²) in [5.41, 5.74) is 0.520. The van der Waals surface area contributed by atoms with E-state index in [2.05, 4.69) is 49.7 Å². The summed E-state index contributed by atoms with van der Waals surface area (Å²) >= 11 is 0. The van der Waals surface area contributed by atoms with Crippen LogP contribution in [-0.2, 0) is 0 Å². The van der Waals surface area contributed by atoms with Gasteiger partial charge in [0.2, 0.25) is 0 Å². The van der Waals surface area contributed by atoms with Crippen LogP contribution in [0, 0.1) is 5.41 Å². The molecule has 1 unspecified atom stereocenters. The molecule has 0 amide bonds. The maximum absolute atomic E-state index is 9.08. The molecule has 1 aliphatic rings. The lowest BCUT2D eigenvalue weighted by Crippen LogP contribution is -2.48. The minimum Gasteiger partial charge on any atom is -0.395 e. The van der Waals surface area contributed by atoms with Gasteiger partial charge in [-0.15, -0.1) is 0 Å². The lowest BCUT2D eigenvalue weighted by atomic mass is 9.85. The Kier molecular flexibility index (Phi) is 7.62. The lowest BCUT2D eigenvalue weighted by Gasteiger charge is -2.37. The lowest BCUT2D eigenvalue weighted by molar-refractivity contribution is 0.145. The molecule has 1 aliphatic heterocycles. The molecule has 0 aromatic rings. The second-order valence-electron chi connectivity index (χ2n) is 7.96. The van der Waals surface area contributed by atoms with Gasteiger partial charge in [0, 0.05) is 38.3 Å². The van der Waals surface area contributed by atoms with E-state index >= 15 is 0 Å². The predicted molar refractivity (Wildman–Crippen MR) is 90.7 cm³/mol. The summed E-state index contributed by atoms with van der Waals surface area (Å²) in [6, 6.07) is 0. The third kappa shape index (κ3) is 7.59. The van der Waals surface area contributed by atoms with Gasteiger partial charge in [0.1, 0.15) is 0 Å². The van der Waals surface area contributed by atoms with Gasteiger partial charge in [-0.25, -0.2) is 0 Å². The maximum Gasteiger partial charge on any atom is 0.0558 e. The van der Waals surface area contributed by atoms with Crippen LogP contribution in [0.4, 0.5) is 0 Å². The van der Waals surface area contributed by atoms with Crippen LogP contribution in [0.25, 0.3) is 0 Å². The van der Waals surface area contributed by atoms with E-state index in [0.29, 0.717) is 5.41 Å². The van der Waals surface area contributed by atoms with Crippen molar-refractivity contribution in [2.45, 2.75) is 53.0 Å². The van der Waals surface area contributed by atoms with Crippen LogP contribution in [0.3, 0.4) is 0 Å². The first-order valence-corrected chi connectivity index (χ1v) is 8.58. The number of aliphatic hydroxyl groups is 1. The number of hydrogen-bond donors (Lipinski definition) is 2. The summed E-state index contributed by atoms with van der Waals surface area (Å²) < 4.78 is 0. The van der Waals surface area contributed by atoms with Crippen molar-refractivity contribution in [3.8, 4) is 0 Å².